The van der Waals surface area contributed by atoms with Crippen molar-refractivity contribution < 1.29 is 14.7 Å². The van der Waals surface area contributed by atoms with E-state index in [1.165, 1.54) is 0 Å². The molecule has 0 fully saturated rings. The summed E-state index contributed by atoms with van der Waals surface area (Å²) in [5.74, 6) is -2.35. The van der Waals surface area contributed by atoms with Crippen LogP contribution >= 0.6 is 0 Å². The van der Waals surface area contributed by atoms with Crippen molar-refractivity contribution in [2.75, 3.05) is 0 Å². The number of carbonyl (C=O) groups excluding carboxylic acids is 1. The van der Waals surface area contributed by atoms with Gasteiger partial charge in [0.25, 0.3) is 5.78 Å². The van der Waals surface area contributed by atoms with E-state index < -0.39 is 11.8 Å². The van der Waals surface area contributed by atoms with Crippen molar-refractivity contribution in [3.05, 3.63) is 41.7 Å². The van der Waals surface area contributed by atoms with Crippen LogP contribution in [0.2, 0.25) is 0 Å². The molecular formula is C15H15NO3. The summed E-state index contributed by atoms with van der Waals surface area (Å²) in [4.78, 5) is 26.3. The molecule has 0 aliphatic rings. The van der Waals surface area contributed by atoms with Gasteiger partial charge in [0.1, 0.15) is 0 Å². The van der Waals surface area contributed by atoms with Crippen molar-refractivity contribution in [3.63, 3.8) is 0 Å². The van der Waals surface area contributed by atoms with Gasteiger partial charge in [-0.1, -0.05) is 32.9 Å². The molecule has 19 heavy (non-hydrogen) atoms. The van der Waals surface area contributed by atoms with Crippen molar-refractivity contribution >= 4 is 22.5 Å². The second-order valence-corrected chi connectivity index (χ2v) is 5.51. The highest BCUT2D eigenvalue weighted by Crippen LogP contribution is 2.29. The number of benzene rings is 1. The minimum Gasteiger partial charge on any atom is -0.475 e. The molecule has 4 heteroatoms. The molecule has 1 heterocycles. The van der Waals surface area contributed by atoms with Gasteiger partial charge >= 0.3 is 5.97 Å². The molecule has 0 spiro atoms. The van der Waals surface area contributed by atoms with Gasteiger partial charge in [-0.2, -0.15) is 0 Å². The average molecular weight is 257 g/mol. The first-order valence-electron chi connectivity index (χ1n) is 5.96. The summed E-state index contributed by atoms with van der Waals surface area (Å²) in [6, 6.07) is 4.91. The number of aromatic nitrogens is 1. The summed E-state index contributed by atoms with van der Waals surface area (Å²) in [5, 5.41) is 10.5. The maximum absolute atomic E-state index is 11.5. The summed E-state index contributed by atoms with van der Waals surface area (Å²) >= 11 is 0. The van der Waals surface area contributed by atoms with E-state index in [4.69, 9.17) is 5.11 Å². The average Bonchev–Trinajstić information content (AvgIpc) is 2.35. The Labute approximate surface area is 111 Å². The van der Waals surface area contributed by atoms with Crippen LogP contribution in [0.5, 0.6) is 0 Å². The van der Waals surface area contributed by atoms with E-state index in [1.54, 1.807) is 30.6 Å². The zero-order valence-electron chi connectivity index (χ0n) is 11.1. The van der Waals surface area contributed by atoms with E-state index in [9.17, 15) is 9.59 Å². The third-order valence-electron chi connectivity index (χ3n) is 3.02. The van der Waals surface area contributed by atoms with Crippen LogP contribution in [0.15, 0.2) is 30.6 Å². The van der Waals surface area contributed by atoms with Crippen LogP contribution in [0.1, 0.15) is 36.7 Å². The molecule has 2 rings (SSSR count). The van der Waals surface area contributed by atoms with Crippen molar-refractivity contribution in [2.45, 2.75) is 26.2 Å². The number of hydrogen-bond acceptors (Lipinski definition) is 3. The number of pyridine rings is 1. The van der Waals surface area contributed by atoms with Crippen molar-refractivity contribution in [2.24, 2.45) is 0 Å². The Morgan fingerprint density at radius 1 is 1.16 bits per heavy atom. The highest BCUT2D eigenvalue weighted by atomic mass is 16.4. The lowest BCUT2D eigenvalue weighted by atomic mass is 9.85. The molecule has 0 atom stereocenters. The number of hydrogen-bond donors (Lipinski definition) is 1. The van der Waals surface area contributed by atoms with Crippen LogP contribution < -0.4 is 0 Å². The molecule has 2 aromatic rings. The fourth-order valence-corrected chi connectivity index (χ4v) is 2.04. The van der Waals surface area contributed by atoms with E-state index in [2.05, 4.69) is 25.8 Å². The van der Waals surface area contributed by atoms with Crippen molar-refractivity contribution in [3.8, 4) is 0 Å². The molecule has 1 aromatic heterocycles. The molecule has 0 radical (unpaired) electrons. The van der Waals surface area contributed by atoms with E-state index in [0.717, 1.165) is 16.3 Å². The molecule has 0 unspecified atom stereocenters. The zero-order chi connectivity index (χ0) is 14.2. The Bertz CT molecular complexity index is 669. The minimum atomic E-state index is -1.45. The maximum Gasteiger partial charge on any atom is 0.377 e. The molecule has 0 amide bonds. The maximum atomic E-state index is 11.5. The van der Waals surface area contributed by atoms with Crippen LogP contribution in [-0.2, 0) is 10.2 Å². The highest BCUT2D eigenvalue weighted by molar-refractivity contribution is 6.40. The number of carboxylic acid groups (broad SMARTS) is 1. The van der Waals surface area contributed by atoms with Crippen molar-refractivity contribution in [1.29, 1.82) is 0 Å². The van der Waals surface area contributed by atoms with Gasteiger partial charge in [-0.05, 0) is 22.4 Å². The van der Waals surface area contributed by atoms with Crippen molar-refractivity contribution in [1.82, 2.24) is 4.98 Å². The lowest BCUT2D eigenvalue weighted by Gasteiger charge is -2.20. The van der Waals surface area contributed by atoms with Crippen LogP contribution in [0, 0.1) is 0 Å². The van der Waals surface area contributed by atoms with Crippen LogP contribution in [0.3, 0.4) is 0 Å². The number of carbonyl (C=O) groups is 2. The summed E-state index contributed by atoms with van der Waals surface area (Å²) in [6.07, 6.45) is 3.45. The summed E-state index contributed by atoms with van der Waals surface area (Å²) in [6.45, 7) is 6.25. The molecular weight excluding hydrogens is 242 g/mol. The number of nitrogens with zero attached hydrogens (tertiary/aromatic N) is 1. The van der Waals surface area contributed by atoms with E-state index in [-0.39, 0.29) is 11.0 Å². The summed E-state index contributed by atoms with van der Waals surface area (Å²) in [7, 11) is 0. The first-order valence-corrected chi connectivity index (χ1v) is 5.96. The lowest BCUT2D eigenvalue weighted by Crippen LogP contribution is -2.14. The number of Topliss-reactive ketones (excluding diaryl/α,β-unsaturated/α-hetero) is 1. The Kier molecular flexibility index (Phi) is 3.10. The molecule has 0 bridgehead atoms. The predicted octanol–water partition coefficient (Wildman–Crippen LogP) is 2.80. The molecule has 0 aliphatic heterocycles. The molecule has 1 aromatic carbocycles. The monoisotopic (exact) mass is 257 g/mol. The SMILES string of the molecule is CC(C)(C)c1cncc2cc(C(=O)C(=O)O)ccc12. The standard InChI is InChI=1S/C15H15NO3/c1-15(2,3)12-8-16-7-10-6-9(4-5-11(10)12)13(17)14(18)19/h4-8H,1-3H3,(H,18,19). The van der Waals surface area contributed by atoms with Gasteiger partial charge in [0.2, 0.25) is 0 Å². The lowest BCUT2D eigenvalue weighted by molar-refractivity contribution is -0.131. The number of fused-ring (bicyclic) bond motifs is 1. The highest BCUT2D eigenvalue weighted by Gasteiger charge is 2.19. The number of aliphatic carboxylic acids is 1. The van der Waals surface area contributed by atoms with E-state index in [1.807, 2.05) is 0 Å². The Balaban J connectivity index is 2.64. The zero-order valence-corrected chi connectivity index (χ0v) is 11.1. The normalized spacial score (nSPS) is 11.5. The fraction of sp³-hybridized carbons (Fsp3) is 0.267. The Hall–Kier alpha value is -2.23. The number of rotatable bonds is 2. The summed E-state index contributed by atoms with van der Waals surface area (Å²) in [5.41, 5.74) is 1.18. The minimum absolute atomic E-state index is 0.0646. The van der Waals surface area contributed by atoms with Gasteiger partial charge < -0.3 is 5.11 Å². The van der Waals surface area contributed by atoms with E-state index >= 15 is 0 Å². The van der Waals surface area contributed by atoms with Gasteiger partial charge in [0.05, 0.1) is 0 Å². The second-order valence-electron chi connectivity index (χ2n) is 5.51. The van der Waals surface area contributed by atoms with Crippen LogP contribution in [-0.4, -0.2) is 21.8 Å². The first kappa shape index (κ1) is 13.2. The van der Waals surface area contributed by atoms with Gasteiger partial charge in [0, 0.05) is 23.3 Å². The van der Waals surface area contributed by atoms with E-state index in [0.29, 0.717) is 0 Å². The second kappa shape index (κ2) is 4.46. The first-order chi connectivity index (χ1) is 8.80. The molecule has 98 valence electrons. The molecule has 0 saturated heterocycles. The Morgan fingerprint density at radius 2 is 1.84 bits per heavy atom. The predicted molar refractivity (Wildman–Crippen MR) is 72.4 cm³/mol. The van der Waals surface area contributed by atoms with Crippen LogP contribution in [0.4, 0.5) is 0 Å². The fourth-order valence-electron chi connectivity index (χ4n) is 2.04. The van der Waals surface area contributed by atoms with Crippen LogP contribution in [0.25, 0.3) is 10.8 Å². The molecule has 0 saturated carbocycles. The third kappa shape index (κ3) is 2.47. The third-order valence-corrected chi connectivity index (χ3v) is 3.02. The molecule has 4 nitrogen and oxygen atoms in total. The summed E-state index contributed by atoms with van der Waals surface area (Å²) < 4.78 is 0. The van der Waals surface area contributed by atoms with Gasteiger partial charge in [-0.15, -0.1) is 0 Å². The topological polar surface area (TPSA) is 67.3 Å². The molecule has 1 N–H and O–H groups in total. The Morgan fingerprint density at radius 3 is 2.42 bits per heavy atom. The number of carboxylic acids is 1. The van der Waals surface area contributed by atoms with Gasteiger partial charge in [-0.3, -0.25) is 9.78 Å². The number of ketones is 1. The molecule has 0 aliphatic carbocycles. The quantitative estimate of drug-likeness (QED) is 0.663. The largest absolute Gasteiger partial charge is 0.475 e. The van der Waals surface area contributed by atoms with Gasteiger partial charge in [0.15, 0.2) is 0 Å². The van der Waals surface area contributed by atoms with Gasteiger partial charge in [-0.25, -0.2) is 4.79 Å². The smallest absolute Gasteiger partial charge is 0.377 e.